The predicted molar refractivity (Wildman–Crippen MR) is 87.1 cm³/mol. The molecule has 2 N–H and O–H groups in total. The molecule has 2 aliphatic rings. The lowest BCUT2D eigenvalue weighted by Gasteiger charge is -2.26. The van der Waals surface area contributed by atoms with E-state index in [4.69, 9.17) is 11.6 Å². The van der Waals surface area contributed by atoms with Crippen LogP contribution in [0.15, 0.2) is 12.1 Å². The van der Waals surface area contributed by atoms with Gasteiger partial charge in [0.15, 0.2) is 0 Å². The van der Waals surface area contributed by atoms with Crippen LogP contribution in [-0.2, 0) is 4.79 Å². The Hall–Kier alpha value is -1.26. The first kappa shape index (κ1) is 14.7. The maximum Gasteiger partial charge on any atom is 0.246 e. The molecule has 21 heavy (non-hydrogen) atoms. The first-order chi connectivity index (χ1) is 10.1. The fourth-order valence-corrected chi connectivity index (χ4v) is 3.28. The van der Waals surface area contributed by atoms with Crippen molar-refractivity contribution in [3.63, 3.8) is 0 Å². The number of hydrogen-bond donors (Lipinski definition) is 2. The van der Waals surface area contributed by atoms with E-state index in [-0.39, 0.29) is 11.9 Å². The van der Waals surface area contributed by atoms with Gasteiger partial charge < -0.3 is 15.5 Å². The van der Waals surface area contributed by atoms with Gasteiger partial charge in [-0.2, -0.15) is 0 Å². The number of benzene rings is 1. The molecule has 0 saturated heterocycles. The molecule has 0 aromatic heterocycles. The number of carbonyl (C=O) groups is 1. The van der Waals surface area contributed by atoms with Crippen LogP contribution in [0.1, 0.15) is 37.8 Å². The largest absolute Gasteiger partial charge is 0.370 e. The molecule has 1 heterocycles. The van der Waals surface area contributed by atoms with E-state index in [2.05, 4.69) is 22.5 Å². The minimum atomic E-state index is -0.297. The molecule has 5 heteroatoms. The highest BCUT2D eigenvalue weighted by Crippen LogP contribution is 2.40. The zero-order valence-corrected chi connectivity index (χ0v) is 13.3. The number of rotatable bonds is 6. The molecule has 0 radical (unpaired) electrons. The Balaban J connectivity index is 1.92. The Bertz CT molecular complexity index is 557. The third-order valence-electron chi connectivity index (χ3n) is 4.25. The second-order valence-electron chi connectivity index (χ2n) is 5.99. The topological polar surface area (TPSA) is 44.4 Å². The molecule has 1 aliphatic carbocycles. The van der Waals surface area contributed by atoms with Gasteiger partial charge in [0, 0.05) is 24.3 Å². The van der Waals surface area contributed by atoms with Crippen LogP contribution in [-0.4, -0.2) is 26.0 Å². The van der Waals surface area contributed by atoms with Crippen molar-refractivity contribution in [2.45, 2.75) is 32.2 Å². The zero-order valence-electron chi connectivity index (χ0n) is 12.6. The van der Waals surface area contributed by atoms with E-state index in [0.29, 0.717) is 0 Å². The monoisotopic (exact) mass is 307 g/mol. The third-order valence-corrected chi connectivity index (χ3v) is 4.55. The summed E-state index contributed by atoms with van der Waals surface area (Å²) in [7, 11) is 1.79. The Morgan fingerprint density at radius 1 is 1.43 bits per heavy atom. The number of nitrogens with zero attached hydrogens (tertiary/aromatic N) is 1. The summed E-state index contributed by atoms with van der Waals surface area (Å²) >= 11 is 6.50. The summed E-state index contributed by atoms with van der Waals surface area (Å²) in [6.45, 7) is 4.24. The number of amides is 1. The van der Waals surface area contributed by atoms with E-state index in [1.165, 1.54) is 12.8 Å². The van der Waals surface area contributed by atoms with E-state index >= 15 is 0 Å². The summed E-state index contributed by atoms with van der Waals surface area (Å²) in [6.07, 6.45) is 3.73. The third kappa shape index (κ3) is 2.87. The van der Waals surface area contributed by atoms with Gasteiger partial charge in [0.1, 0.15) is 6.04 Å². The molecule has 1 fully saturated rings. The van der Waals surface area contributed by atoms with Gasteiger partial charge in [-0.15, -0.1) is 0 Å². The Morgan fingerprint density at radius 3 is 2.81 bits per heavy atom. The first-order valence-electron chi connectivity index (χ1n) is 7.70. The van der Waals surface area contributed by atoms with E-state index in [9.17, 15) is 4.79 Å². The summed E-state index contributed by atoms with van der Waals surface area (Å²) in [6, 6.07) is 3.67. The summed E-state index contributed by atoms with van der Waals surface area (Å²) in [5, 5.41) is 6.71. The lowest BCUT2D eigenvalue weighted by atomic mass is 10.1. The minimum absolute atomic E-state index is 0.00930. The molecular formula is C16H22ClN3O. The Labute approximate surface area is 130 Å². The molecule has 1 aliphatic heterocycles. The minimum Gasteiger partial charge on any atom is -0.370 e. The van der Waals surface area contributed by atoms with Gasteiger partial charge in [-0.05, 0) is 44.4 Å². The van der Waals surface area contributed by atoms with Crippen LogP contribution in [0.2, 0.25) is 5.02 Å². The molecule has 4 nitrogen and oxygen atoms in total. The van der Waals surface area contributed by atoms with Crippen LogP contribution < -0.4 is 15.5 Å². The Kier molecular flexibility index (Phi) is 4.09. The SMILES string of the molecule is CCCN(CC1CC1)c1cc2c(cc1Cl)C(NC)C(=O)N2. The van der Waals surface area contributed by atoms with Crippen LogP contribution in [0, 0.1) is 5.92 Å². The van der Waals surface area contributed by atoms with Crippen molar-refractivity contribution in [3.8, 4) is 0 Å². The maximum atomic E-state index is 11.9. The number of carbonyl (C=O) groups excluding carboxylic acids is 1. The van der Waals surface area contributed by atoms with E-state index in [1.807, 2.05) is 12.1 Å². The lowest BCUT2D eigenvalue weighted by Crippen LogP contribution is -2.27. The molecule has 3 rings (SSSR count). The van der Waals surface area contributed by atoms with Crippen LogP contribution in [0.4, 0.5) is 11.4 Å². The number of hydrogen-bond acceptors (Lipinski definition) is 3. The molecule has 1 saturated carbocycles. The highest BCUT2D eigenvalue weighted by Gasteiger charge is 2.31. The fraction of sp³-hybridized carbons (Fsp3) is 0.562. The second kappa shape index (κ2) is 5.85. The van der Waals surface area contributed by atoms with Crippen molar-refractivity contribution in [3.05, 3.63) is 22.7 Å². The predicted octanol–water partition coefficient (Wildman–Crippen LogP) is 3.18. The van der Waals surface area contributed by atoms with E-state index in [0.717, 1.165) is 47.4 Å². The van der Waals surface area contributed by atoms with E-state index < -0.39 is 0 Å². The highest BCUT2D eigenvalue weighted by atomic mass is 35.5. The van der Waals surface area contributed by atoms with Crippen LogP contribution in [0.5, 0.6) is 0 Å². The van der Waals surface area contributed by atoms with Gasteiger partial charge in [-0.25, -0.2) is 0 Å². The molecule has 1 aromatic rings. The molecule has 114 valence electrons. The van der Waals surface area contributed by atoms with Gasteiger partial charge in [0.25, 0.3) is 0 Å². The fourth-order valence-electron chi connectivity index (χ4n) is 2.99. The second-order valence-corrected chi connectivity index (χ2v) is 6.40. The van der Waals surface area contributed by atoms with Gasteiger partial charge in [-0.1, -0.05) is 18.5 Å². The highest BCUT2D eigenvalue weighted by molar-refractivity contribution is 6.33. The van der Waals surface area contributed by atoms with Crippen molar-refractivity contribution in [1.29, 1.82) is 0 Å². The van der Waals surface area contributed by atoms with Crippen molar-refractivity contribution < 1.29 is 4.79 Å². The average molecular weight is 308 g/mol. The molecule has 1 unspecified atom stereocenters. The molecule has 0 spiro atoms. The normalized spacial score (nSPS) is 20.3. The van der Waals surface area contributed by atoms with Crippen molar-refractivity contribution >= 4 is 28.9 Å². The average Bonchev–Trinajstić information content (AvgIpc) is 3.20. The van der Waals surface area contributed by atoms with Gasteiger partial charge in [-0.3, -0.25) is 4.79 Å². The Morgan fingerprint density at radius 2 is 2.19 bits per heavy atom. The number of fused-ring (bicyclic) bond motifs is 1. The standard InChI is InChI=1S/C16H22ClN3O/c1-3-6-20(9-10-4-5-10)14-8-13-11(7-12(14)17)15(18-2)16(21)19-13/h7-8,10,15,18H,3-6,9H2,1-2H3,(H,19,21). The molecule has 1 amide bonds. The van der Waals surface area contributed by atoms with E-state index in [1.54, 1.807) is 7.05 Å². The molecule has 0 bridgehead atoms. The quantitative estimate of drug-likeness (QED) is 0.848. The summed E-state index contributed by atoms with van der Waals surface area (Å²) < 4.78 is 0. The lowest BCUT2D eigenvalue weighted by molar-refractivity contribution is -0.117. The van der Waals surface area contributed by atoms with Gasteiger partial charge in [0.05, 0.1) is 10.7 Å². The summed E-state index contributed by atoms with van der Waals surface area (Å²) in [5.74, 6) is 0.797. The summed E-state index contributed by atoms with van der Waals surface area (Å²) in [5.41, 5.74) is 2.87. The van der Waals surface area contributed by atoms with Crippen molar-refractivity contribution in [1.82, 2.24) is 5.32 Å². The molecule has 1 atom stereocenters. The zero-order chi connectivity index (χ0) is 15.0. The smallest absolute Gasteiger partial charge is 0.246 e. The van der Waals surface area contributed by atoms with Crippen LogP contribution >= 0.6 is 11.6 Å². The first-order valence-corrected chi connectivity index (χ1v) is 8.08. The summed E-state index contributed by atoms with van der Waals surface area (Å²) in [4.78, 5) is 14.3. The number of likely N-dealkylation sites (N-methyl/N-ethyl adjacent to an activating group) is 1. The van der Waals surface area contributed by atoms with Crippen molar-refractivity contribution in [2.24, 2.45) is 5.92 Å². The number of nitrogens with one attached hydrogen (secondary N) is 2. The number of anilines is 2. The molecular weight excluding hydrogens is 286 g/mol. The van der Waals surface area contributed by atoms with Crippen molar-refractivity contribution in [2.75, 3.05) is 30.4 Å². The molecule has 1 aromatic carbocycles. The van der Waals surface area contributed by atoms with Gasteiger partial charge >= 0.3 is 0 Å². The maximum absolute atomic E-state index is 11.9. The van der Waals surface area contributed by atoms with Crippen LogP contribution in [0.3, 0.4) is 0 Å². The number of halogens is 1. The van der Waals surface area contributed by atoms with Gasteiger partial charge in [0.2, 0.25) is 5.91 Å². The van der Waals surface area contributed by atoms with Crippen LogP contribution in [0.25, 0.3) is 0 Å².